The number of para-hydroxylation sites is 1. The monoisotopic (exact) mass is 446 g/mol. The fourth-order valence-corrected chi connectivity index (χ4v) is 3.19. The maximum atomic E-state index is 14.1. The minimum Gasteiger partial charge on any atom is -0.318 e. The molecule has 30 heavy (non-hydrogen) atoms. The van der Waals surface area contributed by atoms with Crippen LogP contribution in [0.2, 0.25) is 10.0 Å². The lowest BCUT2D eigenvalue weighted by atomic mass is 10.2. The predicted molar refractivity (Wildman–Crippen MR) is 116 cm³/mol. The van der Waals surface area contributed by atoms with Crippen molar-refractivity contribution < 1.29 is 14.0 Å². The molecule has 2 amide bonds. The second kappa shape index (κ2) is 9.11. The second-order valence-corrected chi connectivity index (χ2v) is 7.21. The standard InChI is InChI=1S/C21H17Cl2FN4O2/c1-12-9-14(13(2)28(12)19-6-4-3-5-18(19)24)11-25-27-21(30)20(29)26-15-7-8-16(22)17(23)10-15/h3-11H,1-2H3,(H,26,29)(H,27,30)/b25-11-. The molecule has 0 fully saturated rings. The number of nitrogens with one attached hydrogen (secondary N) is 2. The van der Waals surface area contributed by atoms with Crippen LogP contribution in [-0.2, 0) is 9.59 Å². The third kappa shape index (κ3) is 4.69. The molecule has 0 saturated heterocycles. The first-order valence-electron chi connectivity index (χ1n) is 8.81. The maximum Gasteiger partial charge on any atom is 0.329 e. The van der Waals surface area contributed by atoms with Crippen LogP contribution < -0.4 is 10.7 Å². The minimum absolute atomic E-state index is 0.248. The SMILES string of the molecule is Cc1cc(/C=N\NC(=O)C(=O)Nc2ccc(Cl)c(Cl)c2)c(C)n1-c1ccccc1F. The van der Waals surface area contributed by atoms with Gasteiger partial charge < -0.3 is 9.88 Å². The molecular weight excluding hydrogens is 430 g/mol. The van der Waals surface area contributed by atoms with E-state index in [0.29, 0.717) is 22.0 Å². The van der Waals surface area contributed by atoms with Gasteiger partial charge >= 0.3 is 11.8 Å². The topological polar surface area (TPSA) is 75.5 Å². The first-order valence-corrected chi connectivity index (χ1v) is 9.57. The van der Waals surface area contributed by atoms with Crippen LogP contribution in [0.25, 0.3) is 5.69 Å². The summed E-state index contributed by atoms with van der Waals surface area (Å²) in [7, 11) is 0. The number of benzene rings is 2. The summed E-state index contributed by atoms with van der Waals surface area (Å²) in [5.41, 5.74) is 5.09. The van der Waals surface area contributed by atoms with E-state index in [1.54, 1.807) is 35.8 Å². The van der Waals surface area contributed by atoms with Gasteiger partial charge in [-0.05, 0) is 50.2 Å². The molecule has 3 aromatic rings. The number of hydrogen-bond donors (Lipinski definition) is 2. The third-order valence-corrected chi connectivity index (χ3v) is 5.06. The van der Waals surface area contributed by atoms with Gasteiger partial charge in [-0.15, -0.1) is 0 Å². The van der Waals surface area contributed by atoms with Crippen LogP contribution >= 0.6 is 23.2 Å². The largest absolute Gasteiger partial charge is 0.329 e. The van der Waals surface area contributed by atoms with Gasteiger partial charge in [0, 0.05) is 22.6 Å². The van der Waals surface area contributed by atoms with Crippen molar-refractivity contribution in [1.29, 1.82) is 0 Å². The summed E-state index contributed by atoms with van der Waals surface area (Å²) in [4.78, 5) is 23.9. The van der Waals surface area contributed by atoms with Gasteiger partial charge in [-0.25, -0.2) is 9.82 Å². The Morgan fingerprint density at radius 1 is 1.03 bits per heavy atom. The molecule has 0 spiro atoms. The molecule has 1 heterocycles. The van der Waals surface area contributed by atoms with E-state index in [9.17, 15) is 14.0 Å². The smallest absolute Gasteiger partial charge is 0.318 e. The van der Waals surface area contributed by atoms with Gasteiger partial charge in [-0.1, -0.05) is 35.3 Å². The Bertz CT molecular complexity index is 1160. The van der Waals surface area contributed by atoms with Gasteiger partial charge in [0.15, 0.2) is 0 Å². The molecule has 0 aliphatic heterocycles. The summed E-state index contributed by atoms with van der Waals surface area (Å²) in [5.74, 6) is -2.22. The van der Waals surface area contributed by atoms with Crippen molar-refractivity contribution >= 4 is 46.9 Å². The van der Waals surface area contributed by atoms with Gasteiger partial charge in [0.05, 0.1) is 21.9 Å². The average molecular weight is 447 g/mol. The Hall–Kier alpha value is -3.16. The molecule has 0 bridgehead atoms. The highest BCUT2D eigenvalue weighted by molar-refractivity contribution is 6.42. The van der Waals surface area contributed by atoms with Crippen LogP contribution in [0.15, 0.2) is 53.6 Å². The number of carbonyl (C=O) groups is 2. The number of aromatic nitrogens is 1. The van der Waals surface area contributed by atoms with Crippen LogP contribution in [0.3, 0.4) is 0 Å². The van der Waals surface area contributed by atoms with E-state index < -0.39 is 11.8 Å². The first kappa shape index (κ1) is 21.5. The number of hydrazone groups is 1. The van der Waals surface area contributed by atoms with Crippen molar-refractivity contribution in [2.45, 2.75) is 13.8 Å². The highest BCUT2D eigenvalue weighted by Crippen LogP contribution is 2.25. The average Bonchev–Trinajstić information content (AvgIpc) is 2.98. The van der Waals surface area contributed by atoms with Crippen molar-refractivity contribution in [3.8, 4) is 5.69 Å². The Morgan fingerprint density at radius 3 is 2.47 bits per heavy atom. The Morgan fingerprint density at radius 2 is 1.77 bits per heavy atom. The van der Waals surface area contributed by atoms with E-state index in [1.807, 2.05) is 6.92 Å². The maximum absolute atomic E-state index is 14.1. The van der Waals surface area contributed by atoms with E-state index in [-0.39, 0.29) is 10.8 Å². The molecule has 0 atom stereocenters. The molecule has 0 aliphatic carbocycles. The summed E-state index contributed by atoms with van der Waals surface area (Å²) < 4.78 is 15.9. The number of rotatable bonds is 4. The Balaban J connectivity index is 1.68. The third-order valence-electron chi connectivity index (χ3n) is 4.32. The minimum atomic E-state index is -0.958. The number of carbonyl (C=O) groups excluding carboxylic acids is 2. The van der Waals surface area contributed by atoms with Gasteiger partial charge in [0.1, 0.15) is 5.82 Å². The molecule has 2 aromatic carbocycles. The van der Waals surface area contributed by atoms with Crippen LogP contribution in [0.5, 0.6) is 0 Å². The van der Waals surface area contributed by atoms with Crippen LogP contribution in [0.4, 0.5) is 10.1 Å². The summed E-state index contributed by atoms with van der Waals surface area (Å²) in [5, 5.41) is 6.80. The number of halogens is 3. The van der Waals surface area contributed by atoms with E-state index >= 15 is 0 Å². The van der Waals surface area contributed by atoms with Gasteiger partial charge in [0.2, 0.25) is 0 Å². The lowest BCUT2D eigenvalue weighted by Crippen LogP contribution is -2.32. The summed E-state index contributed by atoms with van der Waals surface area (Å²) >= 11 is 11.7. The molecule has 9 heteroatoms. The Kier molecular flexibility index (Phi) is 6.54. The summed E-state index contributed by atoms with van der Waals surface area (Å²) in [6.07, 6.45) is 1.39. The normalized spacial score (nSPS) is 11.0. The van der Waals surface area contributed by atoms with Crippen molar-refractivity contribution in [3.05, 3.63) is 81.3 Å². The van der Waals surface area contributed by atoms with E-state index in [2.05, 4.69) is 15.8 Å². The highest BCUT2D eigenvalue weighted by Gasteiger charge is 2.15. The van der Waals surface area contributed by atoms with Gasteiger partial charge in [-0.3, -0.25) is 9.59 Å². The predicted octanol–water partition coefficient (Wildman–Crippen LogP) is 4.63. The van der Waals surface area contributed by atoms with Crippen molar-refractivity contribution in [2.75, 3.05) is 5.32 Å². The van der Waals surface area contributed by atoms with Crippen molar-refractivity contribution in [1.82, 2.24) is 9.99 Å². The second-order valence-electron chi connectivity index (χ2n) is 6.40. The number of hydrogen-bond acceptors (Lipinski definition) is 3. The molecule has 0 aliphatic rings. The zero-order valence-electron chi connectivity index (χ0n) is 16.0. The molecule has 2 N–H and O–H groups in total. The lowest BCUT2D eigenvalue weighted by Gasteiger charge is -2.10. The molecular formula is C21H17Cl2FN4O2. The Labute approximate surface area is 182 Å². The fourth-order valence-electron chi connectivity index (χ4n) is 2.90. The number of amides is 2. The van der Waals surface area contributed by atoms with Gasteiger partial charge in [0.25, 0.3) is 0 Å². The molecule has 0 radical (unpaired) electrons. The first-order chi connectivity index (χ1) is 14.3. The lowest BCUT2D eigenvalue weighted by molar-refractivity contribution is -0.136. The highest BCUT2D eigenvalue weighted by atomic mass is 35.5. The van der Waals surface area contributed by atoms with Gasteiger partial charge in [-0.2, -0.15) is 5.10 Å². The van der Waals surface area contributed by atoms with Crippen LogP contribution in [0.1, 0.15) is 17.0 Å². The molecule has 1 aromatic heterocycles. The molecule has 0 unspecified atom stereocenters. The van der Waals surface area contributed by atoms with Crippen molar-refractivity contribution in [3.63, 3.8) is 0 Å². The summed E-state index contributed by atoms with van der Waals surface area (Å²) in [6.45, 7) is 3.64. The van der Waals surface area contributed by atoms with E-state index in [1.165, 1.54) is 30.5 Å². The molecule has 6 nitrogen and oxygen atoms in total. The van der Waals surface area contributed by atoms with Crippen LogP contribution in [0, 0.1) is 19.7 Å². The van der Waals surface area contributed by atoms with Crippen LogP contribution in [-0.4, -0.2) is 22.6 Å². The molecule has 3 rings (SSSR count). The zero-order chi connectivity index (χ0) is 21.8. The fraction of sp³-hybridized carbons (Fsp3) is 0.0952. The quantitative estimate of drug-likeness (QED) is 0.348. The molecule has 154 valence electrons. The molecule has 0 saturated carbocycles. The number of anilines is 1. The summed E-state index contributed by atoms with van der Waals surface area (Å²) in [6, 6.07) is 12.7. The van der Waals surface area contributed by atoms with Crippen molar-refractivity contribution in [2.24, 2.45) is 5.10 Å². The number of aryl methyl sites for hydroxylation is 1. The number of nitrogens with zero attached hydrogens (tertiary/aromatic N) is 2. The zero-order valence-corrected chi connectivity index (χ0v) is 17.6. The van der Waals surface area contributed by atoms with E-state index in [0.717, 1.165) is 11.4 Å². The van der Waals surface area contributed by atoms with E-state index in [4.69, 9.17) is 23.2 Å².